The summed E-state index contributed by atoms with van der Waals surface area (Å²) in [7, 11) is 0. The summed E-state index contributed by atoms with van der Waals surface area (Å²) < 4.78 is 12.8. The maximum Gasteiger partial charge on any atom is 0.123 e. The van der Waals surface area contributed by atoms with Crippen molar-refractivity contribution in [2.45, 2.75) is 0 Å². The molecule has 1 fully saturated rings. The van der Waals surface area contributed by atoms with Crippen LogP contribution in [-0.2, 0) is 4.84 Å². The SMILES string of the molecule is NOCCN1CCN(c2ccc(F)cc2)CC1. The number of hydrogen-bond donors (Lipinski definition) is 1. The first-order chi connectivity index (χ1) is 8.29. The van der Waals surface area contributed by atoms with Gasteiger partial charge in [0.2, 0.25) is 0 Å². The number of hydrogen-bond acceptors (Lipinski definition) is 4. The molecule has 94 valence electrons. The highest BCUT2D eigenvalue weighted by molar-refractivity contribution is 5.46. The van der Waals surface area contributed by atoms with Crippen LogP contribution in [-0.4, -0.2) is 44.2 Å². The van der Waals surface area contributed by atoms with E-state index in [1.54, 1.807) is 0 Å². The molecule has 2 rings (SSSR count). The van der Waals surface area contributed by atoms with Gasteiger partial charge < -0.3 is 9.74 Å². The van der Waals surface area contributed by atoms with Crippen molar-refractivity contribution in [1.82, 2.24) is 4.90 Å². The predicted octanol–water partition coefficient (Wildman–Crippen LogP) is 0.838. The van der Waals surface area contributed by atoms with Crippen molar-refractivity contribution in [3.63, 3.8) is 0 Å². The van der Waals surface area contributed by atoms with E-state index in [0.717, 1.165) is 38.4 Å². The maximum atomic E-state index is 12.8. The van der Waals surface area contributed by atoms with Crippen molar-refractivity contribution in [1.29, 1.82) is 0 Å². The zero-order valence-corrected chi connectivity index (χ0v) is 9.81. The van der Waals surface area contributed by atoms with Crippen LogP contribution in [0.3, 0.4) is 0 Å². The number of piperazine rings is 1. The fourth-order valence-electron chi connectivity index (χ4n) is 2.06. The number of rotatable bonds is 4. The van der Waals surface area contributed by atoms with Crippen LogP contribution in [0, 0.1) is 5.82 Å². The average Bonchev–Trinajstić information content (AvgIpc) is 2.38. The minimum Gasteiger partial charge on any atom is -0.369 e. The van der Waals surface area contributed by atoms with E-state index in [1.165, 1.54) is 12.1 Å². The molecule has 1 aliphatic rings. The highest BCUT2D eigenvalue weighted by atomic mass is 19.1. The van der Waals surface area contributed by atoms with Crippen LogP contribution in [0.25, 0.3) is 0 Å². The molecule has 0 amide bonds. The molecule has 0 aliphatic carbocycles. The van der Waals surface area contributed by atoms with Crippen molar-refractivity contribution >= 4 is 5.69 Å². The molecule has 1 saturated heterocycles. The lowest BCUT2D eigenvalue weighted by molar-refractivity contribution is 0.103. The molecule has 0 radical (unpaired) electrons. The first-order valence-electron chi connectivity index (χ1n) is 5.84. The summed E-state index contributed by atoms with van der Waals surface area (Å²) in [6.45, 7) is 5.32. The van der Waals surface area contributed by atoms with E-state index in [4.69, 9.17) is 5.90 Å². The lowest BCUT2D eigenvalue weighted by Gasteiger charge is -2.35. The molecular formula is C12H18FN3O. The number of anilines is 1. The first-order valence-corrected chi connectivity index (χ1v) is 5.84. The van der Waals surface area contributed by atoms with Crippen LogP contribution >= 0.6 is 0 Å². The molecule has 0 atom stereocenters. The van der Waals surface area contributed by atoms with Gasteiger partial charge in [0.05, 0.1) is 6.61 Å². The van der Waals surface area contributed by atoms with Crippen LogP contribution in [0.15, 0.2) is 24.3 Å². The topological polar surface area (TPSA) is 41.7 Å². The highest BCUT2D eigenvalue weighted by Gasteiger charge is 2.16. The Kier molecular flexibility index (Phi) is 4.30. The Morgan fingerprint density at radius 1 is 1.12 bits per heavy atom. The molecule has 0 unspecified atom stereocenters. The Balaban J connectivity index is 1.84. The fraction of sp³-hybridized carbons (Fsp3) is 0.500. The second-order valence-electron chi connectivity index (χ2n) is 4.18. The van der Waals surface area contributed by atoms with Gasteiger partial charge in [-0.15, -0.1) is 0 Å². The van der Waals surface area contributed by atoms with Gasteiger partial charge in [-0.2, -0.15) is 0 Å². The van der Waals surface area contributed by atoms with Crippen LogP contribution in [0.1, 0.15) is 0 Å². The Morgan fingerprint density at radius 3 is 2.35 bits per heavy atom. The van der Waals surface area contributed by atoms with Gasteiger partial charge in [-0.05, 0) is 24.3 Å². The molecule has 1 heterocycles. The number of benzene rings is 1. The summed E-state index contributed by atoms with van der Waals surface area (Å²) in [6, 6.07) is 6.66. The number of nitrogens with zero attached hydrogens (tertiary/aromatic N) is 2. The third-order valence-corrected chi connectivity index (χ3v) is 3.09. The molecule has 5 heteroatoms. The second-order valence-corrected chi connectivity index (χ2v) is 4.18. The summed E-state index contributed by atoms with van der Waals surface area (Å²) in [5.41, 5.74) is 1.08. The zero-order valence-electron chi connectivity index (χ0n) is 9.81. The van der Waals surface area contributed by atoms with E-state index >= 15 is 0 Å². The quantitative estimate of drug-likeness (QED) is 0.791. The average molecular weight is 239 g/mol. The standard InChI is InChI=1S/C12H18FN3O/c13-11-1-3-12(4-2-11)16-7-5-15(6-8-16)9-10-17-14/h1-4H,5-10,14H2. The van der Waals surface area contributed by atoms with Gasteiger partial charge in [-0.25, -0.2) is 10.3 Å². The molecule has 1 aliphatic heterocycles. The molecular weight excluding hydrogens is 221 g/mol. The summed E-state index contributed by atoms with van der Waals surface area (Å²) in [4.78, 5) is 9.15. The molecule has 1 aromatic rings. The van der Waals surface area contributed by atoms with Crippen molar-refractivity contribution in [3.05, 3.63) is 30.1 Å². The van der Waals surface area contributed by atoms with E-state index in [2.05, 4.69) is 14.6 Å². The first kappa shape index (κ1) is 12.3. The highest BCUT2D eigenvalue weighted by Crippen LogP contribution is 2.16. The van der Waals surface area contributed by atoms with Crippen molar-refractivity contribution < 1.29 is 9.23 Å². The summed E-state index contributed by atoms with van der Waals surface area (Å²) in [6.07, 6.45) is 0. The summed E-state index contributed by atoms with van der Waals surface area (Å²) in [5.74, 6) is 4.82. The Bertz CT molecular complexity index is 336. The predicted molar refractivity (Wildman–Crippen MR) is 65.2 cm³/mol. The van der Waals surface area contributed by atoms with Gasteiger partial charge in [0, 0.05) is 38.4 Å². The lowest BCUT2D eigenvalue weighted by Crippen LogP contribution is -2.47. The number of halogens is 1. The maximum absolute atomic E-state index is 12.8. The molecule has 2 N–H and O–H groups in total. The van der Waals surface area contributed by atoms with Gasteiger partial charge >= 0.3 is 0 Å². The molecule has 0 bridgehead atoms. The van der Waals surface area contributed by atoms with Crippen molar-refractivity contribution in [2.24, 2.45) is 5.90 Å². The molecule has 4 nitrogen and oxygen atoms in total. The van der Waals surface area contributed by atoms with Gasteiger partial charge in [-0.1, -0.05) is 0 Å². The van der Waals surface area contributed by atoms with Crippen LogP contribution in [0.5, 0.6) is 0 Å². The van der Waals surface area contributed by atoms with E-state index in [9.17, 15) is 4.39 Å². The van der Waals surface area contributed by atoms with E-state index < -0.39 is 0 Å². The Labute approximate surface area is 101 Å². The van der Waals surface area contributed by atoms with Crippen molar-refractivity contribution in [3.8, 4) is 0 Å². The third kappa shape index (κ3) is 3.39. The molecule has 1 aromatic carbocycles. The minimum absolute atomic E-state index is 0.188. The van der Waals surface area contributed by atoms with E-state index in [-0.39, 0.29) is 5.82 Å². The Morgan fingerprint density at radius 2 is 1.76 bits per heavy atom. The van der Waals surface area contributed by atoms with E-state index in [1.807, 2.05) is 12.1 Å². The van der Waals surface area contributed by atoms with Gasteiger partial charge in [-0.3, -0.25) is 4.90 Å². The molecule has 17 heavy (non-hydrogen) atoms. The largest absolute Gasteiger partial charge is 0.369 e. The summed E-state index contributed by atoms with van der Waals surface area (Å²) in [5, 5.41) is 0. The monoisotopic (exact) mass is 239 g/mol. The van der Waals surface area contributed by atoms with Crippen molar-refractivity contribution in [2.75, 3.05) is 44.2 Å². The minimum atomic E-state index is -0.188. The van der Waals surface area contributed by atoms with Gasteiger partial charge in [0.1, 0.15) is 5.82 Å². The lowest BCUT2D eigenvalue weighted by atomic mass is 10.2. The van der Waals surface area contributed by atoms with E-state index in [0.29, 0.717) is 6.61 Å². The molecule has 0 saturated carbocycles. The van der Waals surface area contributed by atoms with Gasteiger partial charge in [0.25, 0.3) is 0 Å². The molecule has 0 aromatic heterocycles. The smallest absolute Gasteiger partial charge is 0.123 e. The summed E-state index contributed by atoms with van der Waals surface area (Å²) >= 11 is 0. The normalized spacial score (nSPS) is 17.4. The number of nitrogens with two attached hydrogens (primary N) is 1. The Hall–Kier alpha value is -1.17. The fourth-order valence-corrected chi connectivity index (χ4v) is 2.06. The van der Waals surface area contributed by atoms with Crippen LogP contribution in [0.2, 0.25) is 0 Å². The molecule has 0 spiro atoms. The zero-order chi connectivity index (χ0) is 12.1. The second kappa shape index (κ2) is 5.95. The van der Waals surface area contributed by atoms with Crippen LogP contribution < -0.4 is 10.8 Å². The van der Waals surface area contributed by atoms with Crippen LogP contribution in [0.4, 0.5) is 10.1 Å². The van der Waals surface area contributed by atoms with Gasteiger partial charge in [0.15, 0.2) is 0 Å². The third-order valence-electron chi connectivity index (χ3n) is 3.09.